The number of fused-ring (bicyclic) bond motifs is 1. The predicted octanol–water partition coefficient (Wildman–Crippen LogP) is 6.94. The van der Waals surface area contributed by atoms with E-state index < -0.39 is 10.7 Å². The SMILES string of the molecule is Cc1ccc([N+](=O)[O-])cc1N=Nc1c(O)c(C=O)c(N(C=O)c2ccc(Cl)cc2)c2ccccc12. The average molecular weight is 489 g/mol. The lowest BCUT2D eigenvalue weighted by atomic mass is 10.00. The minimum atomic E-state index is -0.546. The van der Waals surface area contributed by atoms with E-state index in [1.807, 2.05) is 0 Å². The van der Waals surface area contributed by atoms with E-state index in [1.54, 1.807) is 61.5 Å². The normalized spacial score (nSPS) is 11.0. The van der Waals surface area contributed by atoms with Crippen molar-refractivity contribution >= 4 is 63.5 Å². The number of phenols is 1. The highest BCUT2D eigenvalue weighted by Crippen LogP contribution is 2.46. The molecule has 0 aliphatic carbocycles. The molecule has 0 aliphatic rings. The van der Waals surface area contributed by atoms with Crippen LogP contribution < -0.4 is 4.90 Å². The van der Waals surface area contributed by atoms with Gasteiger partial charge in [0, 0.05) is 33.6 Å². The molecule has 0 fully saturated rings. The Hall–Kier alpha value is -4.63. The van der Waals surface area contributed by atoms with Gasteiger partial charge in [-0.15, -0.1) is 10.2 Å². The summed E-state index contributed by atoms with van der Waals surface area (Å²) in [7, 11) is 0. The lowest BCUT2D eigenvalue weighted by Crippen LogP contribution is -2.16. The average Bonchev–Trinajstić information content (AvgIpc) is 2.86. The van der Waals surface area contributed by atoms with E-state index in [-0.39, 0.29) is 28.3 Å². The zero-order valence-corrected chi connectivity index (χ0v) is 19.0. The Morgan fingerprint density at radius 1 is 1.00 bits per heavy atom. The lowest BCUT2D eigenvalue weighted by Gasteiger charge is -2.23. The Labute approximate surface area is 204 Å². The van der Waals surface area contributed by atoms with Crippen LogP contribution in [0.5, 0.6) is 5.75 Å². The van der Waals surface area contributed by atoms with Crippen LogP contribution in [0.1, 0.15) is 15.9 Å². The van der Waals surface area contributed by atoms with Gasteiger partial charge in [0.05, 0.1) is 21.9 Å². The van der Waals surface area contributed by atoms with Crippen LogP contribution in [-0.4, -0.2) is 22.7 Å². The summed E-state index contributed by atoms with van der Waals surface area (Å²) >= 11 is 5.97. The number of aldehydes is 1. The summed E-state index contributed by atoms with van der Waals surface area (Å²) < 4.78 is 0. The number of non-ortho nitro benzene ring substituents is 1. The highest BCUT2D eigenvalue weighted by atomic mass is 35.5. The number of benzene rings is 4. The monoisotopic (exact) mass is 488 g/mol. The Balaban J connectivity index is 1.95. The smallest absolute Gasteiger partial charge is 0.271 e. The van der Waals surface area contributed by atoms with Crippen molar-refractivity contribution in [2.24, 2.45) is 10.2 Å². The first-order valence-electron chi connectivity index (χ1n) is 10.3. The number of aryl methyl sites for hydroxylation is 1. The van der Waals surface area contributed by atoms with Crippen molar-refractivity contribution in [2.45, 2.75) is 6.92 Å². The number of amides is 1. The van der Waals surface area contributed by atoms with E-state index in [0.717, 1.165) is 0 Å². The van der Waals surface area contributed by atoms with Gasteiger partial charge >= 0.3 is 0 Å². The molecule has 35 heavy (non-hydrogen) atoms. The van der Waals surface area contributed by atoms with Crippen LogP contribution in [0.25, 0.3) is 10.8 Å². The van der Waals surface area contributed by atoms with Crippen molar-refractivity contribution in [3.05, 3.63) is 93.0 Å². The number of hydrogen-bond donors (Lipinski definition) is 1. The largest absolute Gasteiger partial charge is 0.505 e. The number of aromatic hydroxyl groups is 1. The van der Waals surface area contributed by atoms with E-state index in [4.69, 9.17) is 11.6 Å². The van der Waals surface area contributed by atoms with Gasteiger partial charge in [-0.3, -0.25) is 24.6 Å². The van der Waals surface area contributed by atoms with E-state index in [2.05, 4.69) is 10.2 Å². The topological polar surface area (TPSA) is 125 Å². The summed E-state index contributed by atoms with van der Waals surface area (Å²) in [5.74, 6) is -0.485. The second-order valence-electron chi connectivity index (χ2n) is 7.50. The Kier molecular flexibility index (Phi) is 6.52. The minimum absolute atomic E-state index is 0.0145. The number of hydrogen-bond acceptors (Lipinski definition) is 7. The van der Waals surface area contributed by atoms with E-state index >= 15 is 0 Å². The highest BCUT2D eigenvalue weighted by molar-refractivity contribution is 6.30. The van der Waals surface area contributed by atoms with Crippen molar-refractivity contribution in [1.29, 1.82) is 0 Å². The number of carbonyl (C=O) groups excluding carboxylic acids is 2. The second-order valence-corrected chi connectivity index (χ2v) is 7.94. The van der Waals surface area contributed by atoms with Gasteiger partial charge in [-0.25, -0.2) is 0 Å². The third-order valence-corrected chi connectivity index (χ3v) is 5.65. The lowest BCUT2D eigenvalue weighted by molar-refractivity contribution is -0.384. The number of rotatable bonds is 7. The number of halogens is 1. The third-order valence-electron chi connectivity index (χ3n) is 5.40. The van der Waals surface area contributed by atoms with Gasteiger partial charge < -0.3 is 5.11 Å². The molecule has 0 saturated carbocycles. The van der Waals surface area contributed by atoms with Crippen molar-refractivity contribution in [1.82, 2.24) is 0 Å². The molecule has 0 unspecified atom stereocenters. The molecule has 0 heterocycles. The van der Waals surface area contributed by atoms with Crippen LogP contribution in [-0.2, 0) is 4.79 Å². The number of carbonyl (C=O) groups is 2. The Morgan fingerprint density at radius 2 is 1.69 bits per heavy atom. The maximum absolute atomic E-state index is 12.1. The molecule has 0 spiro atoms. The van der Waals surface area contributed by atoms with Crippen molar-refractivity contribution < 1.29 is 19.6 Å². The molecule has 1 amide bonds. The number of nitrogens with zero attached hydrogens (tertiary/aromatic N) is 4. The maximum atomic E-state index is 12.1. The zero-order valence-electron chi connectivity index (χ0n) is 18.3. The number of azo groups is 1. The third kappa shape index (κ3) is 4.44. The van der Waals surface area contributed by atoms with Crippen molar-refractivity contribution in [3.8, 4) is 5.75 Å². The van der Waals surface area contributed by atoms with E-state index in [0.29, 0.717) is 39.7 Å². The first-order valence-corrected chi connectivity index (χ1v) is 10.6. The molecule has 0 radical (unpaired) electrons. The number of phenolic OH excluding ortho intramolecular Hbond substituents is 1. The van der Waals surface area contributed by atoms with Gasteiger partial charge in [0.15, 0.2) is 12.0 Å². The molecular formula is C25H17ClN4O5. The summed E-state index contributed by atoms with van der Waals surface area (Å²) in [6.07, 6.45) is 0.965. The summed E-state index contributed by atoms with van der Waals surface area (Å²) in [5.41, 5.74) is 1.11. The van der Waals surface area contributed by atoms with Crippen molar-refractivity contribution in [2.75, 3.05) is 4.90 Å². The number of anilines is 2. The second kappa shape index (κ2) is 9.70. The minimum Gasteiger partial charge on any atom is -0.505 e. The quantitative estimate of drug-likeness (QED) is 0.130. The standard InChI is InChI=1S/C25H17ClN4O5/c1-15-6-9-18(30(34)35)12-22(15)27-28-23-19-4-2-3-5-20(19)24(21(13-31)25(23)33)29(14-32)17-10-7-16(26)8-11-17/h2-14,33H,1H3. The first kappa shape index (κ1) is 23.5. The van der Waals surface area contributed by atoms with Gasteiger partial charge in [0.25, 0.3) is 5.69 Å². The van der Waals surface area contributed by atoms with Gasteiger partial charge in [-0.1, -0.05) is 41.9 Å². The molecule has 4 aromatic carbocycles. The van der Waals surface area contributed by atoms with Gasteiger partial charge in [0.1, 0.15) is 5.69 Å². The highest BCUT2D eigenvalue weighted by Gasteiger charge is 2.24. The summed E-state index contributed by atoms with van der Waals surface area (Å²) in [5, 5.41) is 31.8. The molecule has 10 heteroatoms. The molecule has 4 aromatic rings. The fraction of sp³-hybridized carbons (Fsp3) is 0.0400. The van der Waals surface area contributed by atoms with Crippen LogP contribution in [0.3, 0.4) is 0 Å². The summed E-state index contributed by atoms with van der Waals surface area (Å²) in [6.45, 7) is 1.71. The van der Waals surface area contributed by atoms with Gasteiger partial charge in [-0.2, -0.15) is 0 Å². The first-order chi connectivity index (χ1) is 16.8. The fourth-order valence-electron chi connectivity index (χ4n) is 3.65. The molecule has 1 N–H and O–H groups in total. The van der Waals surface area contributed by atoms with E-state index in [9.17, 15) is 24.8 Å². The molecule has 174 valence electrons. The molecule has 0 saturated heterocycles. The van der Waals surface area contributed by atoms with Gasteiger partial charge in [-0.05, 0) is 36.8 Å². The van der Waals surface area contributed by atoms with Crippen molar-refractivity contribution in [3.63, 3.8) is 0 Å². The summed E-state index contributed by atoms with van der Waals surface area (Å²) in [4.78, 5) is 36.1. The molecule has 0 aromatic heterocycles. The van der Waals surface area contributed by atoms with Crippen LogP contribution in [0, 0.1) is 17.0 Å². The van der Waals surface area contributed by atoms with Gasteiger partial charge in [0.2, 0.25) is 6.41 Å². The molecular weight excluding hydrogens is 472 g/mol. The Morgan fingerprint density at radius 3 is 2.31 bits per heavy atom. The molecule has 0 aliphatic heterocycles. The fourth-order valence-corrected chi connectivity index (χ4v) is 3.77. The van der Waals surface area contributed by atoms with Crippen LogP contribution in [0.4, 0.5) is 28.4 Å². The molecule has 0 atom stereocenters. The van der Waals surface area contributed by atoms with Crippen LogP contribution in [0.15, 0.2) is 77.0 Å². The molecule has 4 rings (SSSR count). The van der Waals surface area contributed by atoms with E-state index in [1.165, 1.54) is 17.0 Å². The number of nitro benzene ring substituents is 1. The Bertz CT molecular complexity index is 1500. The van der Waals surface area contributed by atoms with Crippen LogP contribution >= 0.6 is 11.6 Å². The predicted molar refractivity (Wildman–Crippen MR) is 133 cm³/mol. The maximum Gasteiger partial charge on any atom is 0.271 e. The zero-order chi connectivity index (χ0) is 25.1. The molecule has 9 nitrogen and oxygen atoms in total. The van der Waals surface area contributed by atoms with Crippen LogP contribution in [0.2, 0.25) is 5.02 Å². The number of nitro groups is 1. The molecule has 0 bridgehead atoms. The summed E-state index contributed by atoms with van der Waals surface area (Å²) in [6, 6.07) is 17.3.